The summed E-state index contributed by atoms with van der Waals surface area (Å²) >= 11 is 0. The highest BCUT2D eigenvalue weighted by Crippen LogP contribution is 2.23. The fourth-order valence-corrected chi connectivity index (χ4v) is 3.76. The second-order valence-corrected chi connectivity index (χ2v) is 7.18. The molecule has 0 radical (unpaired) electrons. The summed E-state index contributed by atoms with van der Waals surface area (Å²) < 4.78 is 7.27. The van der Waals surface area contributed by atoms with Gasteiger partial charge >= 0.3 is 0 Å². The van der Waals surface area contributed by atoms with Gasteiger partial charge in [-0.25, -0.2) is 0 Å². The molecule has 1 unspecified atom stereocenters. The average molecular weight is 376 g/mol. The zero-order chi connectivity index (χ0) is 19.3. The number of amides is 1. The Morgan fingerprint density at radius 1 is 1.18 bits per heavy atom. The molecule has 1 fully saturated rings. The molecule has 0 aliphatic carbocycles. The van der Waals surface area contributed by atoms with E-state index in [-0.39, 0.29) is 5.91 Å². The first-order chi connectivity index (χ1) is 13.7. The van der Waals surface area contributed by atoms with Gasteiger partial charge in [0.15, 0.2) is 0 Å². The van der Waals surface area contributed by atoms with Crippen molar-refractivity contribution in [2.45, 2.75) is 19.3 Å². The topological polar surface area (TPSA) is 60.2 Å². The van der Waals surface area contributed by atoms with Crippen LogP contribution in [0.25, 0.3) is 5.69 Å². The number of carbonyl (C=O) groups is 1. The number of likely N-dealkylation sites (tertiary alicyclic amines) is 1. The van der Waals surface area contributed by atoms with Crippen LogP contribution in [0.4, 0.5) is 0 Å². The maximum atomic E-state index is 12.7. The molecule has 1 amide bonds. The molecule has 6 nitrogen and oxygen atoms in total. The smallest absolute Gasteiger partial charge is 0.227 e. The van der Waals surface area contributed by atoms with Crippen molar-refractivity contribution in [2.75, 3.05) is 20.2 Å². The Morgan fingerprint density at radius 3 is 2.86 bits per heavy atom. The lowest BCUT2D eigenvalue weighted by Gasteiger charge is -2.17. The fourth-order valence-electron chi connectivity index (χ4n) is 3.76. The first-order valence-corrected chi connectivity index (χ1v) is 9.58. The molecule has 4 rings (SSSR count). The van der Waals surface area contributed by atoms with Crippen molar-refractivity contribution in [3.63, 3.8) is 0 Å². The largest absolute Gasteiger partial charge is 0.497 e. The van der Waals surface area contributed by atoms with Gasteiger partial charge in [0, 0.05) is 25.2 Å². The number of nitrogens with zero attached hydrogens (tertiary/aromatic N) is 4. The molecule has 1 aliphatic heterocycles. The van der Waals surface area contributed by atoms with Crippen LogP contribution in [0.2, 0.25) is 0 Å². The Labute approximate surface area is 164 Å². The number of methoxy groups -OCH3 is 1. The standard InChI is InChI=1S/C22H24N4O2/c1-28-20-9-5-6-17(12-20)14-22(27)25-11-10-18(15-25)13-21-24-23-16-26(21)19-7-3-2-4-8-19/h2-9,12,16,18H,10-11,13-15H2,1H3. The van der Waals surface area contributed by atoms with Crippen LogP contribution in [0.1, 0.15) is 17.8 Å². The number of hydrogen-bond acceptors (Lipinski definition) is 4. The van der Waals surface area contributed by atoms with Gasteiger partial charge in [0.05, 0.1) is 13.5 Å². The molecule has 1 atom stereocenters. The minimum absolute atomic E-state index is 0.167. The Hall–Kier alpha value is -3.15. The summed E-state index contributed by atoms with van der Waals surface area (Å²) in [5, 5.41) is 8.40. The highest BCUT2D eigenvalue weighted by atomic mass is 16.5. The van der Waals surface area contributed by atoms with E-state index >= 15 is 0 Å². The highest BCUT2D eigenvalue weighted by molar-refractivity contribution is 5.79. The zero-order valence-corrected chi connectivity index (χ0v) is 16.0. The molecule has 0 saturated carbocycles. The van der Waals surface area contributed by atoms with E-state index < -0.39 is 0 Å². The van der Waals surface area contributed by atoms with E-state index in [2.05, 4.69) is 10.2 Å². The van der Waals surface area contributed by atoms with Crippen molar-refractivity contribution in [3.05, 3.63) is 72.3 Å². The molecule has 6 heteroatoms. The van der Waals surface area contributed by atoms with E-state index in [1.54, 1.807) is 13.4 Å². The van der Waals surface area contributed by atoms with Crippen LogP contribution in [0, 0.1) is 5.92 Å². The first kappa shape index (κ1) is 18.2. The monoisotopic (exact) mass is 376 g/mol. The number of aromatic nitrogens is 3. The van der Waals surface area contributed by atoms with Gasteiger partial charge in [-0.3, -0.25) is 9.36 Å². The highest BCUT2D eigenvalue weighted by Gasteiger charge is 2.27. The van der Waals surface area contributed by atoms with E-state index in [9.17, 15) is 4.79 Å². The lowest BCUT2D eigenvalue weighted by Crippen LogP contribution is -2.30. The first-order valence-electron chi connectivity index (χ1n) is 9.58. The van der Waals surface area contributed by atoms with Crippen molar-refractivity contribution in [1.29, 1.82) is 0 Å². The van der Waals surface area contributed by atoms with E-state index in [1.165, 1.54) is 0 Å². The third-order valence-electron chi connectivity index (χ3n) is 5.25. The number of carbonyl (C=O) groups excluding carboxylic acids is 1. The number of hydrogen-bond donors (Lipinski definition) is 0. The van der Waals surface area contributed by atoms with Crippen molar-refractivity contribution in [2.24, 2.45) is 5.92 Å². The summed E-state index contributed by atoms with van der Waals surface area (Å²) in [6, 6.07) is 17.8. The molecule has 1 saturated heterocycles. The van der Waals surface area contributed by atoms with Crippen molar-refractivity contribution < 1.29 is 9.53 Å². The molecule has 3 aromatic rings. The van der Waals surface area contributed by atoms with Crippen LogP contribution in [0.15, 0.2) is 60.9 Å². The summed E-state index contributed by atoms with van der Waals surface area (Å²) in [5.41, 5.74) is 2.04. The van der Waals surface area contributed by atoms with Crippen LogP contribution in [-0.2, 0) is 17.6 Å². The lowest BCUT2D eigenvalue weighted by atomic mass is 10.0. The average Bonchev–Trinajstić information content (AvgIpc) is 3.39. The quantitative estimate of drug-likeness (QED) is 0.664. The third-order valence-corrected chi connectivity index (χ3v) is 5.25. The molecule has 2 aromatic carbocycles. The van der Waals surface area contributed by atoms with Gasteiger partial charge in [0.2, 0.25) is 5.91 Å². The minimum Gasteiger partial charge on any atom is -0.497 e. The van der Waals surface area contributed by atoms with Gasteiger partial charge in [0.25, 0.3) is 0 Å². The lowest BCUT2D eigenvalue weighted by molar-refractivity contribution is -0.129. The van der Waals surface area contributed by atoms with E-state index in [1.807, 2.05) is 64.1 Å². The molecule has 0 spiro atoms. The van der Waals surface area contributed by atoms with Crippen molar-refractivity contribution >= 4 is 5.91 Å². The third kappa shape index (κ3) is 4.06. The summed E-state index contributed by atoms with van der Waals surface area (Å²) in [7, 11) is 1.64. The SMILES string of the molecule is COc1cccc(CC(=O)N2CCC(Cc3nncn3-c3ccccc3)C2)c1. The minimum atomic E-state index is 0.167. The second kappa shape index (κ2) is 8.25. The van der Waals surface area contributed by atoms with E-state index in [4.69, 9.17) is 4.74 Å². The van der Waals surface area contributed by atoms with Gasteiger partial charge < -0.3 is 9.64 Å². The van der Waals surface area contributed by atoms with Crippen molar-refractivity contribution in [3.8, 4) is 11.4 Å². The number of ether oxygens (including phenoxy) is 1. The van der Waals surface area contributed by atoms with Gasteiger partial charge in [-0.2, -0.15) is 0 Å². The molecular weight excluding hydrogens is 352 g/mol. The molecule has 0 bridgehead atoms. The molecular formula is C22H24N4O2. The Morgan fingerprint density at radius 2 is 2.04 bits per heavy atom. The van der Waals surface area contributed by atoms with Crippen LogP contribution < -0.4 is 4.74 Å². The number of rotatable bonds is 6. The maximum Gasteiger partial charge on any atom is 0.227 e. The summed E-state index contributed by atoms with van der Waals surface area (Å²) in [5.74, 6) is 2.30. The Bertz CT molecular complexity index is 938. The molecule has 28 heavy (non-hydrogen) atoms. The van der Waals surface area contributed by atoms with Crippen LogP contribution >= 0.6 is 0 Å². The summed E-state index contributed by atoms with van der Waals surface area (Å²) in [4.78, 5) is 14.7. The molecule has 2 heterocycles. The van der Waals surface area contributed by atoms with E-state index in [0.29, 0.717) is 12.3 Å². The maximum absolute atomic E-state index is 12.7. The van der Waals surface area contributed by atoms with Crippen LogP contribution in [0.5, 0.6) is 5.75 Å². The normalized spacial score (nSPS) is 16.3. The van der Waals surface area contributed by atoms with E-state index in [0.717, 1.165) is 48.8 Å². The molecule has 1 aliphatic rings. The molecule has 144 valence electrons. The predicted octanol–water partition coefficient (Wildman–Crippen LogP) is 2.91. The molecule has 1 aromatic heterocycles. The summed E-state index contributed by atoms with van der Waals surface area (Å²) in [6.07, 6.45) is 3.97. The summed E-state index contributed by atoms with van der Waals surface area (Å²) in [6.45, 7) is 1.57. The second-order valence-electron chi connectivity index (χ2n) is 7.18. The molecule has 0 N–H and O–H groups in total. The van der Waals surface area contributed by atoms with Gasteiger partial charge in [-0.1, -0.05) is 30.3 Å². The van der Waals surface area contributed by atoms with Gasteiger partial charge in [0.1, 0.15) is 17.9 Å². The Balaban J connectivity index is 1.37. The van der Waals surface area contributed by atoms with Crippen LogP contribution in [0.3, 0.4) is 0 Å². The fraction of sp³-hybridized carbons (Fsp3) is 0.318. The zero-order valence-electron chi connectivity index (χ0n) is 16.0. The number of benzene rings is 2. The van der Waals surface area contributed by atoms with Gasteiger partial charge in [-0.05, 0) is 42.2 Å². The van der Waals surface area contributed by atoms with Crippen LogP contribution in [-0.4, -0.2) is 45.8 Å². The Kier molecular flexibility index (Phi) is 5.37. The number of para-hydroxylation sites is 1. The van der Waals surface area contributed by atoms with Crippen molar-refractivity contribution in [1.82, 2.24) is 19.7 Å². The predicted molar refractivity (Wildman–Crippen MR) is 106 cm³/mol. The van der Waals surface area contributed by atoms with Gasteiger partial charge in [-0.15, -0.1) is 10.2 Å².